The second kappa shape index (κ2) is 5.36. The van der Waals surface area contributed by atoms with Gasteiger partial charge in [0, 0.05) is 5.56 Å². The number of carbonyl (C=O) groups is 1. The summed E-state index contributed by atoms with van der Waals surface area (Å²) in [6.45, 7) is 2.49. The summed E-state index contributed by atoms with van der Waals surface area (Å²) in [7, 11) is 0. The zero-order valence-electron chi connectivity index (χ0n) is 8.16. The van der Waals surface area contributed by atoms with Crippen LogP contribution in [0.15, 0.2) is 24.3 Å². The maximum Gasteiger partial charge on any atom is 0.295 e. The van der Waals surface area contributed by atoms with E-state index < -0.39 is 0 Å². The third kappa shape index (κ3) is 3.16. The van der Waals surface area contributed by atoms with Gasteiger partial charge in [-0.15, -0.1) is 0 Å². The predicted molar refractivity (Wildman–Crippen MR) is 52.5 cm³/mol. The van der Waals surface area contributed by atoms with Gasteiger partial charge in [-0.1, -0.05) is 17.7 Å². The maximum atomic E-state index is 11.4. The molecule has 0 aliphatic heterocycles. The number of carbonyl (C=O) groups excluding carboxylic acids is 1. The van der Waals surface area contributed by atoms with E-state index in [-0.39, 0.29) is 12.5 Å². The molecule has 0 atom stereocenters. The van der Waals surface area contributed by atoms with Crippen molar-refractivity contribution in [3.63, 3.8) is 0 Å². The number of hydrogen-bond acceptors (Lipinski definition) is 2. The number of quaternary nitrogens is 1. The molecule has 0 heterocycles. The van der Waals surface area contributed by atoms with Crippen LogP contribution in [0.3, 0.4) is 0 Å². The van der Waals surface area contributed by atoms with Gasteiger partial charge in [-0.25, -0.2) is 10.9 Å². The van der Waals surface area contributed by atoms with Crippen LogP contribution < -0.4 is 10.9 Å². The molecule has 0 spiro atoms. The number of rotatable bonds is 4. The molecule has 0 saturated carbocycles. The van der Waals surface area contributed by atoms with E-state index in [1.165, 1.54) is 0 Å². The molecule has 4 N–H and O–H groups in total. The molecular formula is C10H15N2O2+. The van der Waals surface area contributed by atoms with Gasteiger partial charge in [0.2, 0.25) is 0 Å². The summed E-state index contributed by atoms with van der Waals surface area (Å²) >= 11 is 0. The molecule has 14 heavy (non-hydrogen) atoms. The Balaban J connectivity index is 2.48. The van der Waals surface area contributed by atoms with Crippen molar-refractivity contribution in [1.29, 1.82) is 0 Å². The number of nitrogens with one attached hydrogen (secondary N) is 1. The Morgan fingerprint density at radius 1 is 1.43 bits per heavy atom. The Bertz CT molecular complexity index is 295. The lowest BCUT2D eigenvalue weighted by Crippen LogP contribution is -2.95. The highest BCUT2D eigenvalue weighted by Crippen LogP contribution is 2.01. The summed E-state index contributed by atoms with van der Waals surface area (Å²) < 4.78 is 0. The van der Waals surface area contributed by atoms with Crippen LogP contribution in [0.25, 0.3) is 0 Å². The van der Waals surface area contributed by atoms with Crippen LogP contribution in [0.2, 0.25) is 0 Å². The van der Waals surface area contributed by atoms with Gasteiger partial charge in [-0.3, -0.25) is 4.79 Å². The van der Waals surface area contributed by atoms with Crippen LogP contribution in [0, 0.1) is 6.92 Å². The monoisotopic (exact) mass is 195 g/mol. The average molecular weight is 195 g/mol. The molecule has 1 aromatic rings. The van der Waals surface area contributed by atoms with E-state index in [4.69, 9.17) is 5.11 Å². The van der Waals surface area contributed by atoms with E-state index in [0.717, 1.165) is 5.56 Å². The third-order valence-electron chi connectivity index (χ3n) is 1.82. The van der Waals surface area contributed by atoms with Crippen molar-refractivity contribution >= 4 is 5.91 Å². The third-order valence-corrected chi connectivity index (χ3v) is 1.82. The molecule has 0 unspecified atom stereocenters. The van der Waals surface area contributed by atoms with Crippen LogP contribution in [0.4, 0.5) is 0 Å². The first kappa shape index (κ1) is 10.7. The first-order chi connectivity index (χ1) is 6.74. The summed E-state index contributed by atoms with van der Waals surface area (Å²) in [4.78, 5) is 11.4. The van der Waals surface area contributed by atoms with Crippen molar-refractivity contribution in [2.45, 2.75) is 6.92 Å². The van der Waals surface area contributed by atoms with Crippen molar-refractivity contribution < 1.29 is 15.3 Å². The van der Waals surface area contributed by atoms with E-state index in [9.17, 15) is 4.79 Å². The van der Waals surface area contributed by atoms with Crippen LogP contribution in [0.5, 0.6) is 0 Å². The minimum absolute atomic E-state index is 0.0498. The normalized spacial score (nSPS) is 9.86. The van der Waals surface area contributed by atoms with Gasteiger partial charge >= 0.3 is 0 Å². The molecule has 4 nitrogen and oxygen atoms in total. The quantitative estimate of drug-likeness (QED) is 0.255. The predicted octanol–water partition coefficient (Wildman–Crippen LogP) is -0.804. The molecule has 0 fully saturated rings. The number of hydrogen-bond donors (Lipinski definition) is 3. The molecular weight excluding hydrogens is 180 g/mol. The minimum atomic E-state index is -0.140. The molecule has 76 valence electrons. The molecule has 4 heteroatoms. The zero-order valence-corrected chi connectivity index (χ0v) is 8.16. The lowest BCUT2D eigenvalue weighted by molar-refractivity contribution is -0.698. The highest BCUT2D eigenvalue weighted by molar-refractivity contribution is 5.93. The fraction of sp³-hybridized carbons (Fsp3) is 0.300. The van der Waals surface area contributed by atoms with Crippen molar-refractivity contribution in [3.8, 4) is 0 Å². The minimum Gasteiger partial charge on any atom is -0.390 e. The fourth-order valence-corrected chi connectivity index (χ4v) is 1.02. The van der Waals surface area contributed by atoms with Crippen molar-refractivity contribution in [2.75, 3.05) is 13.2 Å². The summed E-state index contributed by atoms with van der Waals surface area (Å²) in [5.74, 6) is -0.140. The summed E-state index contributed by atoms with van der Waals surface area (Å²) in [6, 6.07) is 7.33. The number of aliphatic hydroxyl groups is 1. The average Bonchev–Trinajstić information content (AvgIpc) is 2.19. The molecule has 0 bridgehead atoms. The molecule has 1 amide bonds. The highest BCUT2D eigenvalue weighted by Gasteiger charge is 2.04. The van der Waals surface area contributed by atoms with Gasteiger partial charge in [0.05, 0.1) is 6.61 Å². The van der Waals surface area contributed by atoms with Gasteiger partial charge in [0.25, 0.3) is 5.91 Å². The van der Waals surface area contributed by atoms with Gasteiger partial charge in [-0.2, -0.15) is 0 Å². The van der Waals surface area contributed by atoms with E-state index in [1.54, 1.807) is 17.6 Å². The van der Waals surface area contributed by atoms with E-state index in [1.807, 2.05) is 19.1 Å². The lowest BCUT2D eigenvalue weighted by atomic mass is 10.1. The summed E-state index contributed by atoms with van der Waals surface area (Å²) in [6.07, 6.45) is 0. The SMILES string of the molecule is Cc1ccc(C(=O)N[NH2+]CCO)cc1. The molecule has 1 rings (SSSR count). The van der Waals surface area contributed by atoms with Crippen molar-refractivity contribution in [3.05, 3.63) is 35.4 Å². The van der Waals surface area contributed by atoms with Crippen LogP contribution in [0.1, 0.15) is 15.9 Å². The molecule has 0 saturated heterocycles. The Morgan fingerprint density at radius 2 is 2.07 bits per heavy atom. The summed E-state index contributed by atoms with van der Waals surface area (Å²) in [5, 5.41) is 8.50. The van der Waals surface area contributed by atoms with Crippen LogP contribution in [-0.2, 0) is 0 Å². The highest BCUT2D eigenvalue weighted by atomic mass is 16.3. The second-order valence-electron chi connectivity index (χ2n) is 3.06. The van der Waals surface area contributed by atoms with Crippen LogP contribution in [-0.4, -0.2) is 24.2 Å². The molecule has 0 aliphatic rings. The maximum absolute atomic E-state index is 11.4. The number of aliphatic hydroxyl groups excluding tert-OH is 1. The van der Waals surface area contributed by atoms with E-state index in [0.29, 0.717) is 12.1 Å². The van der Waals surface area contributed by atoms with Gasteiger partial charge in [-0.05, 0) is 19.1 Å². The Morgan fingerprint density at radius 3 is 2.64 bits per heavy atom. The summed E-state index contributed by atoms with van der Waals surface area (Å²) in [5.41, 5.74) is 5.91. The lowest BCUT2D eigenvalue weighted by Gasteiger charge is -2.02. The smallest absolute Gasteiger partial charge is 0.295 e. The second-order valence-corrected chi connectivity index (χ2v) is 3.06. The van der Waals surface area contributed by atoms with Gasteiger partial charge in [0.15, 0.2) is 0 Å². The first-order valence-electron chi connectivity index (χ1n) is 4.54. The number of amides is 1. The molecule has 1 aromatic carbocycles. The zero-order chi connectivity index (χ0) is 10.4. The van der Waals surface area contributed by atoms with Gasteiger partial charge in [0.1, 0.15) is 6.54 Å². The van der Waals surface area contributed by atoms with Crippen molar-refractivity contribution in [2.24, 2.45) is 0 Å². The molecule has 0 radical (unpaired) electrons. The van der Waals surface area contributed by atoms with Crippen LogP contribution >= 0.6 is 0 Å². The standard InChI is InChI=1S/C10H14N2O2/c1-8-2-4-9(5-3-8)10(14)12-11-6-7-13/h2-5,11,13H,6-7H2,1H3,(H,12,14)/p+1. The fourth-order valence-electron chi connectivity index (χ4n) is 1.02. The number of nitrogens with two attached hydrogens (primary N) is 1. The number of nitrogen functional groups attached to an aromatic ring is 1. The topological polar surface area (TPSA) is 65.9 Å². The number of benzene rings is 1. The number of aryl methyl sites for hydroxylation is 1. The Kier molecular flexibility index (Phi) is 4.10. The Labute approximate surface area is 82.9 Å². The van der Waals surface area contributed by atoms with Gasteiger partial charge < -0.3 is 5.11 Å². The van der Waals surface area contributed by atoms with E-state index in [2.05, 4.69) is 5.43 Å². The largest absolute Gasteiger partial charge is 0.390 e. The molecule has 0 aliphatic carbocycles. The van der Waals surface area contributed by atoms with E-state index >= 15 is 0 Å². The first-order valence-corrected chi connectivity index (χ1v) is 4.54. The van der Waals surface area contributed by atoms with Crippen molar-refractivity contribution in [1.82, 2.24) is 5.43 Å². The Hall–Kier alpha value is -1.39. The molecule has 0 aromatic heterocycles.